The lowest BCUT2D eigenvalue weighted by molar-refractivity contribution is -0.144. The van der Waals surface area contributed by atoms with Crippen LogP contribution in [0.25, 0.3) is 0 Å². The fourth-order valence-electron chi connectivity index (χ4n) is 2.10. The van der Waals surface area contributed by atoms with E-state index in [9.17, 15) is 9.59 Å². The molecule has 1 heterocycles. The van der Waals surface area contributed by atoms with Gasteiger partial charge in [-0.1, -0.05) is 6.92 Å². The van der Waals surface area contributed by atoms with Crippen molar-refractivity contribution in [3.05, 3.63) is 0 Å². The van der Waals surface area contributed by atoms with Crippen LogP contribution in [0.4, 0.5) is 0 Å². The fourth-order valence-corrected chi connectivity index (χ4v) is 2.96. The lowest BCUT2D eigenvalue weighted by Crippen LogP contribution is -2.40. The van der Waals surface area contributed by atoms with Crippen LogP contribution < -0.4 is 5.73 Å². The average Bonchev–Trinajstić information content (AvgIpc) is 2.38. The summed E-state index contributed by atoms with van der Waals surface area (Å²) in [7, 11) is 0. The summed E-state index contributed by atoms with van der Waals surface area (Å²) in [6.07, 6.45) is 2.28. The monoisotopic (exact) mass is 288 g/mol. The Bertz CT molecular complexity index is 312. The summed E-state index contributed by atoms with van der Waals surface area (Å²) in [5, 5.41) is 0. The standard InChI is InChI=1S/C13H24N2O3S/c1-3-18-13(17)11(14)8-19-9-12(16)15-6-4-5-10(2)7-15/h10-11H,3-9,14H2,1-2H3. The van der Waals surface area contributed by atoms with E-state index < -0.39 is 12.0 Å². The molecule has 0 aromatic carbocycles. The van der Waals surface area contributed by atoms with E-state index >= 15 is 0 Å². The summed E-state index contributed by atoms with van der Waals surface area (Å²) < 4.78 is 4.82. The van der Waals surface area contributed by atoms with E-state index in [0.29, 0.717) is 24.0 Å². The number of piperidine rings is 1. The molecule has 1 aliphatic rings. The molecular weight excluding hydrogens is 264 g/mol. The van der Waals surface area contributed by atoms with Crippen molar-refractivity contribution in [2.75, 3.05) is 31.2 Å². The molecule has 19 heavy (non-hydrogen) atoms. The van der Waals surface area contributed by atoms with Gasteiger partial charge in [-0.2, -0.15) is 0 Å². The van der Waals surface area contributed by atoms with Crippen LogP contribution in [0.5, 0.6) is 0 Å². The number of hydrogen-bond acceptors (Lipinski definition) is 5. The van der Waals surface area contributed by atoms with Crippen LogP contribution >= 0.6 is 11.8 Å². The molecule has 2 atom stereocenters. The van der Waals surface area contributed by atoms with Crippen molar-refractivity contribution < 1.29 is 14.3 Å². The van der Waals surface area contributed by atoms with Crippen LogP contribution in [0, 0.1) is 5.92 Å². The number of thioether (sulfide) groups is 1. The Kier molecular flexibility index (Phi) is 7.23. The summed E-state index contributed by atoms with van der Waals surface area (Å²) in [5.41, 5.74) is 5.67. The van der Waals surface area contributed by atoms with Gasteiger partial charge in [-0.3, -0.25) is 9.59 Å². The third kappa shape index (κ3) is 5.82. The maximum atomic E-state index is 12.0. The van der Waals surface area contributed by atoms with Gasteiger partial charge in [0, 0.05) is 18.8 Å². The minimum atomic E-state index is -0.641. The number of ether oxygens (including phenoxy) is 1. The number of carbonyl (C=O) groups is 2. The molecule has 0 bridgehead atoms. The number of esters is 1. The molecule has 0 saturated carbocycles. The maximum absolute atomic E-state index is 12.0. The Morgan fingerprint density at radius 3 is 2.89 bits per heavy atom. The molecule has 6 heteroatoms. The van der Waals surface area contributed by atoms with E-state index in [4.69, 9.17) is 10.5 Å². The highest BCUT2D eigenvalue weighted by atomic mass is 32.2. The van der Waals surface area contributed by atoms with E-state index in [1.54, 1.807) is 6.92 Å². The minimum Gasteiger partial charge on any atom is -0.465 e. The van der Waals surface area contributed by atoms with Crippen molar-refractivity contribution in [2.45, 2.75) is 32.7 Å². The van der Waals surface area contributed by atoms with Gasteiger partial charge in [-0.15, -0.1) is 11.8 Å². The van der Waals surface area contributed by atoms with Crippen LogP contribution in [0.3, 0.4) is 0 Å². The van der Waals surface area contributed by atoms with Gasteiger partial charge >= 0.3 is 5.97 Å². The molecular formula is C13H24N2O3S. The second kappa shape index (κ2) is 8.43. The second-order valence-electron chi connectivity index (χ2n) is 4.96. The van der Waals surface area contributed by atoms with Crippen LogP contribution in [-0.2, 0) is 14.3 Å². The average molecular weight is 288 g/mol. The van der Waals surface area contributed by atoms with Gasteiger partial charge in [0.15, 0.2) is 0 Å². The third-order valence-electron chi connectivity index (χ3n) is 3.12. The zero-order chi connectivity index (χ0) is 14.3. The lowest BCUT2D eigenvalue weighted by atomic mass is 10.0. The number of hydrogen-bond donors (Lipinski definition) is 1. The van der Waals surface area contributed by atoms with Crippen LogP contribution in [0.15, 0.2) is 0 Å². The van der Waals surface area contributed by atoms with Gasteiger partial charge < -0.3 is 15.4 Å². The minimum absolute atomic E-state index is 0.146. The Balaban J connectivity index is 2.21. The molecule has 2 N–H and O–H groups in total. The van der Waals surface area contributed by atoms with E-state index in [1.165, 1.54) is 18.2 Å². The molecule has 0 aliphatic carbocycles. The first-order chi connectivity index (χ1) is 9.04. The molecule has 1 amide bonds. The first kappa shape index (κ1) is 16.3. The lowest BCUT2D eigenvalue weighted by Gasteiger charge is -2.30. The van der Waals surface area contributed by atoms with E-state index in [2.05, 4.69) is 6.92 Å². The molecule has 2 unspecified atom stereocenters. The molecule has 1 rings (SSSR count). The van der Waals surface area contributed by atoms with Gasteiger partial charge in [0.25, 0.3) is 0 Å². The molecule has 1 saturated heterocycles. The highest BCUT2D eigenvalue weighted by Crippen LogP contribution is 2.16. The third-order valence-corrected chi connectivity index (χ3v) is 4.17. The summed E-state index contributed by atoms with van der Waals surface area (Å²) in [6.45, 7) is 5.96. The quantitative estimate of drug-likeness (QED) is 0.734. The normalized spacial score (nSPS) is 21.0. The molecule has 0 radical (unpaired) electrons. The number of amides is 1. The SMILES string of the molecule is CCOC(=O)C(N)CSCC(=O)N1CCCC(C)C1. The van der Waals surface area contributed by atoms with Crippen molar-refractivity contribution in [3.8, 4) is 0 Å². The van der Waals surface area contributed by atoms with Gasteiger partial charge in [0.05, 0.1) is 12.4 Å². The molecule has 0 aromatic heterocycles. The first-order valence-corrected chi connectivity index (χ1v) is 7.97. The molecule has 1 fully saturated rings. The van der Waals surface area contributed by atoms with Gasteiger partial charge in [0.2, 0.25) is 5.91 Å². The van der Waals surface area contributed by atoms with E-state index in [1.807, 2.05) is 4.90 Å². The summed E-state index contributed by atoms with van der Waals surface area (Å²) in [5.74, 6) is 1.15. The predicted octanol–water partition coefficient (Wildman–Crippen LogP) is 0.869. The number of nitrogens with two attached hydrogens (primary N) is 1. The number of carbonyl (C=O) groups excluding carboxylic acids is 2. The summed E-state index contributed by atoms with van der Waals surface area (Å²) in [6, 6.07) is -0.641. The number of nitrogens with zero attached hydrogens (tertiary/aromatic N) is 1. The number of likely N-dealkylation sites (tertiary alicyclic amines) is 1. The van der Waals surface area contributed by atoms with Crippen LogP contribution in [0.2, 0.25) is 0 Å². The molecule has 1 aliphatic heterocycles. The Morgan fingerprint density at radius 2 is 2.26 bits per heavy atom. The van der Waals surface area contributed by atoms with Gasteiger partial charge in [-0.25, -0.2) is 0 Å². The topological polar surface area (TPSA) is 72.6 Å². The summed E-state index contributed by atoms with van der Waals surface area (Å²) in [4.78, 5) is 25.2. The van der Waals surface area contributed by atoms with Crippen LogP contribution in [0.1, 0.15) is 26.7 Å². The zero-order valence-electron chi connectivity index (χ0n) is 11.8. The van der Waals surface area contributed by atoms with E-state index in [0.717, 1.165) is 19.5 Å². The number of rotatable bonds is 6. The second-order valence-corrected chi connectivity index (χ2v) is 5.99. The largest absolute Gasteiger partial charge is 0.465 e. The summed E-state index contributed by atoms with van der Waals surface area (Å²) >= 11 is 1.40. The van der Waals surface area contributed by atoms with Crippen molar-refractivity contribution in [3.63, 3.8) is 0 Å². The highest BCUT2D eigenvalue weighted by Gasteiger charge is 2.21. The smallest absolute Gasteiger partial charge is 0.323 e. The predicted molar refractivity (Wildman–Crippen MR) is 76.9 cm³/mol. The molecule has 110 valence electrons. The van der Waals surface area contributed by atoms with Crippen molar-refractivity contribution >= 4 is 23.6 Å². The van der Waals surface area contributed by atoms with Crippen molar-refractivity contribution in [2.24, 2.45) is 11.7 Å². The Labute approximate surface area is 119 Å². The highest BCUT2D eigenvalue weighted by molar-refractivity contribution is 8.00. The van der Waals surface area contributed by atoms with E-state index in [-0.39, 0.29) is 5.91 Å². The zero-order valence-corrected chi connectivity index (χ0v) is 12.6. The van der Waals surface area contributed by atoms with Crippen LogP contribution in [-0.4, -0.2) is 54.0 Å². The van der Waals surface area contributed by atoms with Gasteiger partial charge in [0.1, 0.15) is 6.04 Å². The van der Waals surface area contributed by atoms with Gasteiger partial charge in [-0.05, 0) is 25.7 Å². The molecule has 0 spiro atoms. The van der Waals surface area contributed by atoms with Crippen molar-refractivity contribution in [1.82, 2.24) is 4.90 Å². The Hall–Kier alpha value is -0.750. The molecule has 5 nitrogen and oxygen atoms in total. The molecule has 0 aromatic rings. The van der Waals surface area contributed by atoms with Crippen molar-refractivity contribution in [1.29, 1.82) is 0 Å². The maximum Gasteiger partial charge on any atom is 0.323 e. The Morgan fingerprint density at radius 1 is 1.53 bits per heavy atom. The fraction of sp³-hybridized carbons (Fsp3) is 0.846. The first-order valence-electron chi connectivity index (χ1n) is 6.82.